The van der Waals surface area contributed by atoms with Crippen molar-refractivity contribution in [3.8, 4) is 11.5 Å². The summed E-state index contributed by atoms with van der Waals surface area (Å²) >= 11 is 1.43. The van der Waals surface area contributed by atoms with Crippen molar-refractivity contribution in [2.45, 2.75) is 37.9 Å². The van der Waals surface area contributed by atoms with Crippen LogP contribution in [0.1, 0.15) is 32.2 Å². The van der Waals surface area contributed by atoms with Crippen LogP contribution in [0.5, 0.6) is 11.5 Å². The molecule has 29 heavy (non-hydrogen) atoms. The third-order valence-electron chi connectivity index (χ3n) is 4.23. The molecule has 0 spiro atoms. The molecule has 0 unspecified atom stereocenters. The second-order valence-corrected chi connectivity index (χ2v) is 8.52. The zero-order chi connectivity index (χ0) is 20.9. The van der Waals surface area contributed by atoms with Gasteiger partial charge in [0.05, 0.1) is 6.61 Å². The van der Waals surface area contributed by atoms with Gasteiger partial charge in [-0.2, -0.15) is 0 Å². The molecule has 0 fully saturated rings. The van der Waals surface area contributed by atoms with Crippen LogP contribution >= 0.6 is 11.8 Å². The Bertz CT molecular complexity index is 939. The van der Waals surface area contributed by atoms with Crippen LogP contribution in [0.25, 0.3) is 0 Å². The Hall–Kier alpha value is -2.74. The predicted molar refractivity (Wildman–Crippen MR) is 112 cm³/mol. The summed E-state index contributed by atoms with van der Waals surface area (Å²) in [4.78, 5) is 0. The molecule has 0 bridgehead atoms. The van der Waals surface area contributed by atoms with Crippen molar-refractivity contribution in [3.63, 3.8) is 0 Å². The van der Waals surface area contributed by atoms with Crippen molar-refractivity contribution >= 4 is 11.8 Å². The van der Waals surface area contributed by atoms with Crippen molar-refractivity contribution in [3.05, 3.63) is 65.7 Å². The van der Waals surface area contributed by atoms with E-state index in [0.717, 1.165) is 5.75 Å². The Morgan fingerprint density at radius 1 is 1.03 bits per heavy atom. The molecule has 3 rings (SSSR count). The summed E-state index contributed by atoms with van der Waals surface area (Å²) in [5.74, 6) is 7.62. The molecular formula is C21H25FN4O2S. The van der Waals surface area contributed by atoms with Gasteiger partial charge in [-0.3, -0.25) is 0 Å². The second-order valence-electron chi connectivity index (χ2n) is 7.46. The first-order valence-corrected chi connectivity index (χ1v) is 10.3. The second kappa shape index (κ2) is 9.17. The zero-order valence-electron chi connectivity index (χ0n) is 16.8. The number of hydrogen-bond acceptors (Lipinski definition) is 6. The van der Waals surface area contributed by atoms with E-state index in [9.17, 15) is 4.39 Å². The molecule has 1 heterocycles. The van der Waals surface area contributed by atoms with Crippen molar-refractivity contribution in [2.24, 2.45) is 0 Å². The van der Waals surface area contributed by atoms with Crippen LogP contribution in [0.2, 0.25) is 0 Å². The Morgan fingerprint density at radius 3 is 2.45 bits per heavy atom. The number of ether oxygens (including phenoxy) is 2. The maximum absolute atomic E-state index is 13.6. The number of nitrogens with zero attached hydrogens (tertiary/aromatic N) is 3. The molecule has 0 saturated carbocycles. The molecule has 6 nitrogen and oxygen atoms in total. The van der Waals surface area contributed by atoms with Crippen molar-refractivity contribution in [2.75, 3.05) is 18.2 Å². The van der Waals surface area contributed by atoms with Gasteiger partial charge in [-0.25, -0.2) is 9.07 Å². The third-order valence-corrected chi connectivity index (χ3v) is 5.14. The molecule has 0 aliphatic heterocycles. The number of para-hydroxylation sites is 1. The van der Waals surface area contributed by atoms with Crippen LogP contribution in [0, 0.1) is 5.82 Å². The molecule has 1 aromatic heterocycles. The maximum atomic E-state index is 13.6. The van der Waals surface area contributed by atoms with Crippen LogP contribution in [0.15, 0.2) is 53.7 Å². The van der Waals surface area contributed by atoms with E-state index in [4.69, 9.17) is 15.3 Å². The van der Waals surface area contributed by atoms with Gasteiger partial charge in [-0.15, -0.1) is 10.2 Å². The first kappa shape index (κ1) is 21.0. The minimum atomic E-state index is -0.433. The Morgan fingerprint density at radius 2 is 1.76 bits per heavy atom. The predicted octanol–water partition coefficient (Wildman–Crippen LogP) is 4.18. The fourth-order valence-electron chi connectivity index (χ4n) is 2.55. The number of rotatable bonds is 8. The molecule has 0 aliphatic carbocycles. The zero-order valence-corrected chi connectivity index (χ0v) is 17.6. The summed E-state index contributed by atoms with van der Waals surface area (Å²) in [6.45, 7) is 7.07. The fourth-order valence-corrected chi connectivity index (χ4v) is 3.24. The maximum Gasteiger partial charge on any atom is 0.210 e. The number of halogens is 1. The smallest absolute Gasteiger partial charge is 0.210 e. The van der Waals surface area contributed by atoms with Gasteiger partial charge in [0.25, 0.3) is 0 Å². The van der Waals surface area contributed by atoms with E-state index >= 15 is 0 Å². The van der Waals surface area contributed by atoms with Gasteiger partial charge in [-0.05, 0) is 35.2 Å². The van der Waals surface area contributed by atoms with E-state index in [0.29, 0.717) is 23.3 Å². The van der Waals surface area contributed by atoms with Crippen LogP contribution < -0.4 is 15.3 Å². The van der Waals surface area contributed by atoms with E-state index in [1.807, 2.05) is 12.1 Å². The Balaban J connectivity index is 1.46. The monoisotopic (exact) mass is 416 g/mol. The summed E-state index contributed by atoms with van der Waals surface area (Å²) in [7, 11) is 0. The van der Waals surface area contributed by atoms with Gasteiger partial charge in [0, 0.05) is 5.75 Å². The molecule has 0 saturated heterocycles. The van der Waals surface area contributed by atoms with Crippen LogP contribution in [0.3, 0.4) is 0 Å². The van der Waals surface area contributed by atoms with Crippen LogP contribution in [-0.4, -0.2) is 27.2 Å². The Labute approximate surface area is 174 Å². The minimum absolute atomic E-state index is 0.0294. The highest BCUT2D eigenvalue weighted by molar-refractivity contribution is 7.99. The largest absolute Gasteiger partial charge is 0.493 e. The van der Waals surface area contributed by atoms with Gasteiger partial charge in [0.1, 0.15) is 12.4 Å². The summed E-state index contributed by atoms with van der Waals surface area (Å²) in [5.41, 5.74) is 1.38. The van der Waals surface area contributed by atoms with Gasteiger partial charge in [0.2, 0.25) is 5.16 Å². The standard InChI is InChI=1S/C21H25FN4O2S/c1-21(2,3)15-8-10-16(11-9-15)27-12-13-29-20-25-24-19(26(20)23)14-28-18-7-5-4-6-17(18)22/h4-11H,12-14,23H2,1-3H3. The third kappa shape index (κ3) is 5.63. The molecule has 0 atom stereocenters. The molecule has 2 N–H and O–H groups in total. The lowest BCUT2D eigenvalue weighted by Crippen LogP contribution is -2.16. The quantitative estimate of drug-likeness (QED) is 0.337. The number of aromatic nitrogens is 3. The summed E-state index contributed by atoms with van der Waals surface area (Å²) in [6, 6.07) is 14.3. The number of hydrogen-bond donors (Lipinski definition) is 1. The summed E-state index contributed by atoms with van der Waals surface area (Å²) in [6.07, 6.45) is 0. The van der Waals surface area contributed by atoms with Crippen LogP contribution in [-0.2, 0) is 12.0 Å². The van der Waals surface area contributed by atoms with E-state index < -0.39 is 5.82 Å². The minimum Gasteiger partial charge on any atom is -0.493 e. The van der Waals surface area contributed by atoms with Crippen molar-refractivity contribution in [1.82, 2.24) is 14.9 Å². The molecule has 3 aromatic rings. The number of nitrogens with two attached hydrogens (primary N) is 1. The number of nitrogen functional groups attached to an aromatic ring is 1. The van der Waals surface area contributed by atoms with Crippen molar-refractivity contribution in [1.29, 1.82) is 0 Å². The highest BCUT2D eigenvalue weighted by Crippen LogP contribution is 2.24. The lowest BCUT2D eigenvalue weighted by molar-refractivity contribution is 0.277. The first-order chi connectivity index (χ1) is 13.8. The van der Waals surface area contributed by atoms with Crippen LogP contribution in [0.4, 0.5) is 4.39 Å². The van der Waals surface area contributed by atoms with E-state index in [2.05, 4.69) is 43.1 Å². The van der Waals surface area contributed by atoms with Gasteiger partial charge < -0.3 is 15.3 Å². The van der Waals surface area contributed by atoms with Gasteiger partial charge in [-0.1, -0.05) is 56.8 Å². The lowest BCUT2D eigenvalue weighted by atomic mass is 9.87. The normalized spacial score (nSPS) is 11.4. The molecule has 154 valence electrons. The number of benzene rings is 2. The molecule has 0 aliphatic rings. The molecule has 0 radical (unpaired) electrons. The average molecular weight is 417 g/mol. The Kier molecular flexibility index (Phi) is 6.64. The topological polar surface area (TPSA) is 75.2 Å². The first-order valence-electron chi connectivity index (χ1n) is 9.27. The highest BCUT2D eigenvalue weighted by atomic mass is 32.2. The van der Waals surface area contributed by atoms with Crippen molar-refractivity contribution < 1.29 is 13.9 Å². The summed E-state index contributed by atoms with van der Waals surface area (Å²) in [5, 5.41) is 8.61. The highest BCUT2D eigenvalue weighted by Gasteiger charge is 2.14. The fraction of sp³-hybridized carbons (Fsp3) is 0.333. The molecule has 0 amide bonds. The van der Waals surface area contributed by atoms with E-state index in [1.165, 1.54) is 28.1 Å². The number of thioether (sulfide) groups is 1. The van der Waals surface area contributed by atoms with Gasteiger partial charge in [0.15, 0.2) is 17.4 Å². The molecule has 8 heteroatoms. The average Bonchev–Trinajstić information content (AvgIpc) is 3.04. The lowest BCUT2D eigenvalue weighted by Gasteiger charge is -2.19. The van der Waals surface area contributed by atoms with E-state index in [-0.39, 0.29) is 17.8 Å². The van der Waals surface area contributed by atoms with E-state index in [1.54, 1.807) is 18.2 Å². The summed E-state index contributed by atoms with van der Waals surface area (Å²) < 4.78 is 26.2. The van der Waals surface area contributed by atoms with Gasteiger partial charge >= 0.3 is 0 Å². The molecular weight excluding hydrogens is 391 g/mol. The molecule has 2 aromatic carbocycles. The SMILES string of the molecule is CC(C)(C)c1ccc(OCCSc2nnc(COc3ccccc3F)n2N)cc1.